The van der Waals surface area contributed by atoms with E-state index in [1.54, 1.807) is 0 Å². The first-order chi connectivity index (χ1) is 6.84. The number of rotatable bonds is 2. The fourth-order valence-corrected chi connectivity index (χ4v) is 1.99. The van der Waals surface area contributed by atoms with Crippen LogP contribution in [0, 0.1) is 0 Å². The standard InChI is InChI=1S/C12H14BrN/c13-12-6-8-14(9-7-12)10-11-4-2-1-3-5-11/h1-6H,7-10H2. The van der Waals surface area contributed by atoms with Crippen molar-refractivity contribution in [1.82, 2.24) is 4.90 Å². The Morgan fingerprint density at radius 3 is 2.64 bits per heavy atom. The summed E-state index contributed by atoms with van der Waals surface area (Å²) in [5.41, 5.74) is 1.40. The van der Waals surface area contributed by atoms with E-state index in [2.05, 4.69) is 57.2 Å². The van der Waals surface area contributed by atoms with Crippen molar-refractivity contribution in [3.63, 3.8) is 0 Å². The predicted molar refractivity (Wildman–Crippen MR) is 63.3 cm³/mol. The molecule has 0 atom stereocenters. The van der Waals surface area contributed by atoms with E-state index in [-0.39, 0.29) is 0 Å². The summed E-state index contributed by atoms with van der Waals surface area (Å²) in [7, 11) is 0. The van der Waals surface area contributed by atoms with Gasteiger partial charge in [0.2, 0.25) is 0 Å². The summed E-state index contributed by atoms with van der Waals surface area (Å²) in [5.74, 6) is 0. The van der Waals surface area contributed by atoms with Gasteiger partial charge in [0.15, 0.2) is 0 Å². The largest absolute Gasteiger partial charge is 0.295 e. The molecule has 0 N–H and O–H groups in total. The first-order valence-corrected chi connectivity index (χ1v) is 5.75. The maximum atomic E-state index is 3.54. The molecule has 0 unspecified atom stereocenters. The third-order valence-corrected chi connectivity index (χ3v) is 3.21. The van der Waals surface area contributed by atoms with Crippen LogP contribution >= 0.6 is 15.9 Å². The second-order valence-corrected chi connectivity index (χ2v) is 4.64. The fourth-order valence-electron chi connectivity index (χ4n) is 1.67. The molecule has 2 heteroatoms. The summed E-state index contributed by atoms with van der Waals surface area (Å²) >= 11 is 3.54. The molecule has 1 aromatic carbocycles. The molecule has 0 amide bonds. The van der Waals surface area contributed by atoms with Gasteiger partial charge in [-0.3, -0.25) is 4.90 Å². The fraction of sp³-hybridized carbons (Fsp3) is 0.333. The highest BCUT2D eigenvalue weighted by molar-refractivity contribution is 9.11. The lowest BCUT2D eigenvalue weighted by molar-refractivity contribution is 0.289. The van der Waals surface area contributed by atoms with Crippen LogP contribution < -0.4 is 0 Å². The monoisotopic (exact) mass is 251 g/mol. The molecule has 0 aromatic heterocycles. The van der Waals surface area contributed by atoms with E-state index >= 15 is 0 Å². The van der Waals surface area contributed by atoms with E-state index in [1.807, 2.05) is 0 Å². The van der Waals surface area contributed by atoms with Gasteiger partial charge in [0.1, 0.15) is 0 Å². The summed E-state index contributed by atoms with van der Waals surface area (Å²) in [6.07, 6.45) is 3.40. The first kappa shape index (κ1) is 9.94. The molecule has 0 saturated heterocycles. The van der Waals surface area contributed by atoms with Crippen LogP contribution in [0.5, 0.6) is 0 Å². The molecule has 14 heavy (non-hydrogen) atoms. The molecule has 2 rings (SSSR count). The number of hydrogen-bond acceptors (Lipinski definition) is 1. The number of halogens is 1. The molecule has 1 nitrogen and oxygen atoms in total. The quantitative estimate of drug-likeness (QED) is 0.781. The van der Waals surface area contributed by atoms with Crippen molar-refractivity contribution >= 4 is 15.9 Å². The maximum absolute atomic E-state index is 3.54. The van der Waals surface area contributed by atoms with Crippen LogP contribution in [-0.4, -0.2) is 18.0 Å². The average Bonchev–Trinajstić information content (AvgIpc) is 2.23. The van der Waals surface area contributed by atoms with Gasteiger partial charge < -0.3 is 0 Å². The molecule has 74 valence electrons. The minimum atomic E-state index is 1.06. The topological polar surface area (TPSA) is 3.24 Å². The molecule has 1 aliphatic rings. The Kier molecular flexibility index (Phi) is 3.38. The third kappa shape index (κ3) is 2.69. The summed E-state index contributed by atoms with van der Waals surface area (Å²) in [4.78, 5) is 2.46. The zero-order valence-electron chi connectivity index (χ0n) is 8.12. The van der Waals surface area contributed by atoms with Gasteiger partial charge in [-0.1, -0.05) is 52.3 Å². The Bertz CT molecular complexity index is 318. The Hall–Kier alpha value is -0.600. The van der Waals surface area contributed by atoms with Crippen molar-refractivity contribution < 1.29 is 0 Å². The number of hydrogen-bond donors (Lipinski definition) is 0. The predicted octanol–water partition coefficient (Wildman–Crippen LogP) is 3.17. The Morgan fingerprint density at radius 1 is 1.21 bits per heavy atom. The van der Waals surface area contributed by atoms with E-state index in [0.717, 1.165) is 26.1 Å². The highest BCUT2D eigenvalue weighted by Gasteiger charge is 2.09. The number of benzene rings is 1. The van der Waals surface area contributed by atoms with Crippen LogP contribution in [0.2, 0.25) is 0 Å². The Balaban J connectivity index is 1.93. The van der Waals surface area contributed by atoms with Gasteiger partial charge in [-0.05, 0) is 16.5 Å². The molecule has 0 saturated carbocycles. The van der Waals surface area contributed by atoms with Crippen molar-refractivity contribution in [2.45, 2.75) is 13.0 Å². The SMILES string of the molecule is BrC1=CCN(Cc2ccccc2)CC1. The molecule has 0 spiro atoms. The molecule has 0 fully saturated rings. The van der Waals surface area contributed by atoms with Crippen molar-refractivity contribution in [1.29, 1.82) is 0 Å². The molecule has 0 aliphatic carbocycles. The lowest BCUT2D eigenvalue weighted by Crippen LogP contribution is -2.27. The average molecular weight is 252 g/mol. The van der Waals surface area contributed by atoms with Crippen molar-refractivity contribution in [3.05, 3.63) is 46.5 Å². The summed E-state index contributed by atoms with van der Waals surface area (Å²) < 4.78 is 1.35. The lowest BCUT2D eigenvalue weighted by atomic mass is 10.2. The van der Waals surface area contributed by atoms with Gasteiger partial charge >= 0.3 is 0 Å². The van der Waals surface area contributed by atoms with Gasteiger partial charge in [0.05, 0.1) is 0 Å². The van der Waals surface area contributed by atoms with Crippen molar-refractivity contribution in [2.75, 3.05) is 13.1 Å². The molecule has 1 aromatic rings. The third-order valence-electron chi connectivity index (χ3n) is 2.49. The first-order valence-electron chi connectivity index (χ1n) is 4.95. The van der Waals surface area contributed by atoms with E-state index in [1.165, 1.54) is 10.0 Å². The minimum Gasteiger partial charge on any atom is -0.295 e. The van der Waals surface area contributed by atoms with E-state index in [9.17, 15) is 0 Å². The Morgan fingerprint density at radius 2 is 2.00 bits per heavy atom. The Labute approximate surface area is 93.6 Å². The molecule has 1 aliphatic heterocycles. The van der Waals surface area contributed by atoms with Gasteiger partial charge in [0.25, 0.3) is 0 Å². The van der Waals surface area contributed by atoms with Crippen LogP contribution in [0.1, 0.15) is 12.0 Å². The summed E-state index contributed by atoms with van der Waals surface area (Å²) in [6.45, 7) is 3.29. The lowest BCUT2D eigenvalue weighted by Gasteiger charge is -2.24. The maximum Gasteiger partial charge on any atom is 0.0237 e. The van der Waals surface area contributed by atoms with Crippen LogP contribution in [0.4, 0.5) is 0 Å². The second kappa shape index (κ2) is 4.76. The minimum absolute atomic E-state index is 1.06. The summed E-state index contributed by atoms with van der Waals surface area (Å²) in [5, 5.41) is 0. The molecule has 0 bridgehead atoms. The van der Waals surface area contributed by atoms with Crippen LogP contribution in [0.3, 0.4) is 0 Å². The molecular weight excluding hydrogens is 238 g/mol. The van der Waals surface area contributed by atoms with Crippen LogP contribution in [-0.2, 0) is 6.54 Å². The summed E-state index contributed by atoms with van der Waals surface area (Å²) in [6, 6.07) is 10.6. The molecular formula is C12H14BrN. The highest BCUT2D eigenvalue weighted by Crippen LogP contribution is 2.17. The molecule has 1 heterocycles. The number of nitrogens with zero attached hydrogens (tertiary/aromatic N) is 1. The van der Waals surface area contributed by atoms with E-state index in [4.69, 9.17) is 0 Å². The van der Waals surface area contributed by atoms with Crippen LogP contribution in [0.15, 0.2) is 40.9 Å². The van der Waals surface area contributed by atoms with Gasteiger partial charge in [-0.25, -0.2) is 0 Å². The highest BCUT2D eigenvalue weighted by atomic mass is 79.9. The zero-order chi connectivity index (χ0) is 9.80. The van der Waals surface area contributed by atoms with Gasteiger partial charge in [0, 0.05) is 19.6 Å². The smallest absolute Gasteiger partial charge is 0.0237 e. The van der Waals surface area contributed by atoms with Crippen LogP contribution in [0.25, 0.3) is 0 Å². The van der Waals surface area contributed by atoms with Crippen molar-refractivity contribution in [2.24, 2.45) is 0 Å². The zero-order valence-corrected chi connectivity index (χ0v) is 9.70. The normalized spacial score (nSPS) is 17.9. The van der Waals surface area contributed by atoms with Gasteiger partial charge in [-0.15, -0.1) is 0 Å². The van der Waals surface area contributed by atoms with Gasteiger partial charge in [-0.2, -0.15) is 0 Å². The second-order valence-electron chi connectivity index (χ2n) is 3.62. The molecule has 0 radical (unpaired) electrons. The van der Waals surface area contributed by atoms with E-state index < -0.39 is 0 Å². The van der Waals surface area contributed by atoms with Crippen molar-refractivity contribution in [3.8, 4) is 0 Å². The van der Waals surface area contributed by atoms with E-state index in [0.29, 0.717) is 0 Å².